The first kappa shape index (κ1) is 11.4. The third-order valence-corrected chi connectivity index (χ3v) is 3.08. The summed E-state index contributed by atoms with van der Waals surface area (Å²) in [4.78, 5) is 12.2. The topological polar surface area (TPSA) is 99.2 Å². The van der Waals surface area contributed by atoms with Crippen LogP contribution in [0.15, 0.2) is 34.9 Å². The Morgan fingerprint density at radius 2 is 2.24 bits per heavy atom. The number of rotatable bonds is 1. The molecule has 90 valence electrons. The van der Waals surface area contributed by atoms with Crippen LogP contribution in [0.5, 0.6) is 0 Å². The van der Waals surface area contributed by atoms with Crippen LogP contribution < -0.4 is 11.1 Å². The van der Waals surface area contributed by atoms with Gasteiger partial charge in [0.05, 0.1) is 17.5 Å². The molecule has 0 spiro atoms. The molecule has 0 radical (unpaired) electrons. The fourth-order valence-electron chi connectivity index (χ4n) is 2.29. The molecule has 2 atom stereocenters. The van der Waals surface area contributed by atoms with Gasteiger partial charge in [0, 0.05) is 5.71 Å². The van der Waals surface area contributed by atoms with Gasteiger partial charge < -0.3 is 21.6 Å². The zero-order chi connectivity index (χ0) is 12.7. The van der Waals surface area contributed by atoms with Crippen LogP contribution in [-0.4, -0.2) is 22.6 Å². The molecule has 2 aliphatic rings. The van der Waals surface area contributed by atoms with Gasteiger partial charge in [-0.2, -0.15) is 0 Å². The van der Waals surface area contributed by atoms with Crippen molar-refractivity contribution in [2.75, 3.05) is 0 Å². The summed E-state index contributed by atoms with van der Waals surface area (Å²) < 4.78 is 0. The first-order valence-electron chi connectivity index (χ1n) is 5.37. The Kier molecular flexibility index (Phi) is 2.53. The molecule has 1 heterocycles. The second-order valence-corrected chi connectivity index (χ2v) is 4.41. The summed E-state index contributed by atoms with van der Waals surface area (Å²) in [6.07, 6.45) is 3.11. The summed E-state index contributed by atoms with van der Waals surface area (Å²) in [6.45, 7) is 3.36. The molecule has 0 aromatic heterocycles. The van der Waals surface area contributed by atoms with Crippen LogP contribution in [0.4, 0.5) is 0 Å². The van der Waals surface area contributed by atoms with Gasteiger partial charge in [0.2, 0.25) is 0 Å². The van der Waals surface area contributed by atoms with E-state index in [2.05, 4.69) is 5.32 Å². The lowest BCUT2D eigenvalue weighted by molar-refractivity contribution is -0.118. The van der Waals surface area contributed by atoms with Crippen LogP contribution in [0.3, 0.4) is 0 Å². The van der Waals surface area contributed by atoms with Gasteiger partial charge in [0.15, 0.2) is 5.78 Å². The second-order valence-electron chi connectivity index (χ2n) is 4.41. The number of allylic oxidation sites excluding steroid dienone is 2. The van der Waals surface area contributed by atoms with E-state index in [0.717, 1.165) is 5.57 Å². The van der Waals surface area contributed by atoms with Gasteiger partial charge in [-0.3, -0.25) is 4.79 Å². The summed E-state index contributed by atoms with van der Waals surface area (Å²) in [6, 6.07) is -0.221. The van der Waals surface area contributed by atoms with E-state index in [4.69, 9.17) is 11.1 Å². The molecule has 5 nitrogen and oxygen atoms in total. The van der Waals surface area contributed by atoms with Crippen molar-refractivity contribution < 1.29 is 9.90 Å². The summed E-state index contributed by atoms with van der Waals surface area (Å²) >= 11 is 0. The molecule has 0 aromatic carbocycles. The molecule has 0 saturated carbocycles. The molecule has 17 heavy (non-hydrogen) atoms. The van der Waals surface area contributed by atoms with Gasteiger partial charge in [-0.25, -0.2) is 0 Å². The zero-order valence-corrected chi connectivity index (χ0v) is 9.74. The molecule has 2 rings (SSSR count). The molecule has 0 saturated heterocycles. The number of fused-ring (bicyclic) bond motifs is 1. The fourth-order valence-corrected chi connectivity index (χ4v) is 2.29. The van der Waals surface area contributed by atoms with E-state index in [1.54, 1.807) is 6.08 Å². The number of aliphatic hydroxyl groups excluding tert-OH is 1. The van der Waals surface area contributed by atoms with E-state index in [9.17, 15) is 9.90 Å². The maximum absolute atomic E-state index is 12.2. The first-order chi connectivity index (χ1) is 7.91. The Bertz CT molecular complexity index is 500. The predicted molar refractivity (Wildman–Crippen MR) is 64.5 cm³/mol. The molecule has 0 amide bonds. The van der Waals surface area contributed by atoms with Gasteiger partial charge in [-0.1, -0.05) is 0 Å². The van der Waals surface area contributed by atoms with Crippen molar-refractivity contribution in [3.05, 3.63) is 34.9 Å². The van der Waals surface area contributed by atoms with Crippen LogP contribution in [0, 0.1) is 11.3 Å². The highest BCUT2D eigenvalue weighted by atomic mass is 16.3. The van der Waals surface area contributed by atoms with Gasteiger partial charge in [-0.15, -0.1) is 0 Å². The van der Waals surface area contributed by atoms with Crippen molar-refractivity contribution >= 4 is 11.5 Å². The fraction of sp³-hybridized carbons (Fsp3) is 0.333. The number of carbonyl (C=O) groups excluding carboxylic acids is 1. The molecule has 0 fully saturated rings. The number of nitrogens with one attached hydrogen (secondary N) is 2. The minimum atomic E-state index is -0.484. The van der Waals surface area contributed by atoms with Gasteiger partial charge in [0.25, 0.3) is 0 Å². The summed E-state index contributed by atoms with van der Waals surface area (Å²) in [5.74, 6) is -0.368. The third kappa shape index (κ3) is 1.73. The average molecular weight is 233 g/mol. The van der Waals surface area contributed by atoms with E-state index >= 15 is 0 Å². The maximum atomic E-state index is 12.2. The highest BCUT2D eigenvalue weighted by Gasteiger charge is 2.38. The first-order valence-corrected chi connectivity index (χ1v) is 5.37. The SMILES string of the molecule is CC(=N)C1=C(N)NC2C(C)=CC(O)=CC2C1=O. The Hall–Kier alpha value is -2.04. The van der Waals surface area contributed by atoms with Crippen LogP contribution in [0.1, 0.15) is 13.8 Å². The van der Waals surface area contributed by atoms with E-state index in [-0.39, 0.29) is 34.7 Å². The molecule has 0 bridgehead atoms. The number of hydrogen-bond acceptors (Lipinski definition) is 5. The molecular weight excluding hydrogens is 218 g/mol. The van der Waals surface area contributed by atoms with Gasteiger partial charge in [0.1, 0.15) is 11.6 Å². The Balaban J connectivity index is 2.49. The van der Waals surface area contributed by atoms with Crippen molar-refractivity contribution in [1.82, 2.24) is 5.32 Å². The number of hydrogen-bond donors (Lipinski definition) is 4. The normalized spacial score (nSPS) is 28.0. The Morgan fingerprint density at radius 1 is 1.59 bits per heavy atom. The van der Waals surface area contributed by atoms with Crippen LogP contribution in [-0.2, 0) is 4.79 Å². The van der Waals surface area contributed by atoms with E-state index in [1.807, 2.05) is 6.92 Å². The van der Waals surface area contributed by atoms with Gasteiger partial charge in [-0.05, 0) is 31.6 Å². The number of aliphatic hydroxyl groups is 1. The highest BCUT2D eigenvalue weighted by Crippen LogP contribution is 2.29. The Morgan fingerprint density at radius 3 is 2.82 bits per heavy atom. The van der Waals surface area contributed by atoms with E-state index in [0.29, 0.717) is 0 Å². The predicted octanol–water partition coefficient (Wildman–Crippen LogP) is 0.755. The summed E-state index contributed by atoms with van der Waals surface area (Å²) in [7, 11) is 0. The van der Waals surface area contributed by atoms with Crippen molar-refractivity contribution in [2.24, 2.45) is 11.7 Å². The molecule has 2 unspecified atom stereocenters. The van der Waals surface area contributed by atoms with E-state index < -0.39 is 5.92 Å². The lowest BCUT2D eigenvalue weighted by atomic mass is 9.79. The number of Topliss-reactive ketones (excluding diaryl/α,β-unsaturated/α-hetero) is 1. The zero-order valence-electron chi connectivity index (χ0n) is 9.74. The van der Waals surface area contributed by atoms with E-state index in [1.165, 1.54) is 13.0 Å². The summed E-state index contributed by atoms with van der Waals surface area (Å²) in [5.41, 5.74) is 6.98. The summed E-state index contributed by atoms with van der Waals surface area (Å²) in [5, 5.41) is 20.1. The minimum Gasteiger partial charge on any atom is -0.508 e. The van der Waals surface area contributed by atoms with Crippen LogP contribution in [0.2, 0.25) is 0 Å². The highest BCUT2D eigenvalue weighted by molar-refractivity contribution is 6.22. The molecule has 0 aromatic rings. The smallest absolute Gasteiger partial charge is 0.177 e. The van der Waals surface area contributed by atoms with Crippen molar-refractivity contribution in [3.8, 4) is 0 Å². The molecule has 5 N–H and O–H groups in total. The molecular formula is C12H15N3O2. The quantitative estimate of drug-likeness (QED) is 0.502. The van der Waals surface area contributed by atoms with Crippen molar-refractivity contribution in [1.29, 1.82) is 5.41 Å². The van der Waals surface area contributed by atoms with Crippen molar-refractivity contribution in [3.63, 3.8) is 0 Å². The largest absolute Gasteiger partial charge is 0.508 e. The molecule has 1 aliphatic carbocycles. The monoisotopic (exact) mass is 233 g/mol. The number of ketones is 1. The maximum Gasteiger partial charge on any atom is 0.177 e. The van der Waals surface area contributed by atoms with Crippen LogP contribution in [0.25, 0.3) is 0 Å². The molecule has 5 heteroatoms. The second kappa shape index (κ2) is 3.76. The van der Waals surface area contributed by atoms with Gasteiger partial charge >= 0.3 is 0 Å². The third-order valence-electron chi connectivity index (χ3n) is 3.08. The lowest BCUT2D eigenvalue weighted by Gasteiger charge is -2.34. The Labute approximate surface area is 99.2 Å². The molecule has 1 aliphatic heterocycles. The number of nitrogens with two attached hydrogens (primary N) is 1. The average Bonchev–Trinajstić information content (AvgIpc) is 2.19. The number of carbonyl (C=O) groups is 1. The minimum absolute atomic E-state index is 0.0846. The standard InChI is InChI=1S/C12H15N3O2/c1-5-3-7(16)4-8-10(5)15-12(14)9(6(2)13)11(8)17/h3-4,8,10,13,15-16H,14H2,1-2H3. The lowest BCUT2D eigenvalue weighted by Crippen LogP contribution is -2.49. The van der Waals surface area contributed by atoms with Crippen LogP contribution >= 0.6 is 0 Å². The van der Waals surface area contributed by atoms with Crippen molar-refractivity contribution in [2.45, 2.75) is 19.9 Å².